The van der Waals surface area contributed by atoms with Crippen LogP contribution in [0.5, 0.6) is 0 Å². The summed E-state index contributed by atoms with van der Waals surface area (Å²) in [6.45, 7) is 2.46. The van der Waals surface area contributed by atoms with Crippen LogP contribution in [-0.4, -0.2) is 41.2 Å². The van der Waals surface area contributed by atoms with Crippen LogP contribution in [0.3, 0.4) is 0 Å². The summed E-state index contributed by atoms with van der Waals surface area (Å²) in [6.07, 6.45) is -3.23. The summed E-state index contributed by atoms with van der Waals surface area (Å²) in [5.41, 5.74) is 1.12. The van der Waals surface area contributed by atoms with Crippen molar-refractivity contribution < 1.29 is 22.8 Å². The van der Waals surface area contributed by atoms with Gasteiger partial charge < -0.3 is 9.80 Å². The van der Waals surface area contributed by atoms with Crippen molar-refractivity contribution in [1.29, 1.82) is 0 Å². The molecule has 1 aliphatic rings. The second-order valence-electron chi connectivity index (χ2n) is 8.25. The van der Waals surface area contributed by atoms with Gasteiger partial charge >= 0.3 is 6.18 Å². The molecule has 178 valence electrons. The van der Waals surface area contributed by atoms with E-state index < -0.39 is 17.6 Å². The van der Waals surface area contributed by atoms with Crippen molar-refractivity contribution in [3.8, 4) is 0 Å². The summed E-state index contributed by atoms with van der Waals surface area (Å²) in [4.78, 5) is 31.0. The molecule has 1 unspecified atom stereocenters. The second-order valence-corrected chi connectivity index (χ2v) is 9.26. The lowest BCUT2D eigenvalue weighted by molar-refractivity contribution is -0.137. The number of halogens is 3. The van der Waals surface area contributed by atoms with Crippen molar-refractivity contribution in [2.45, 2.75) is 32.0 Å². The molecule has 0 saturated heterocycles. The maximum absolute atomic E-state index is 13.5. The Balaban J connectivity index is 1.59. The van der Waals surface area contributed by atoms with Crippen LogP contribution in [0.1, 0.15) is 51.3 Å². The van der Waals surface area contributed by atoms with Crippen molar-refractivity contribution in [3.63, 3.8) is 0 Å². The van der Waals surface area contributed by atoms with Crippen LogP contribution >= 0.6 is 11.3 Å². The third kappa shape index (κ3) is 5.01. The van der Waals surface area contributed by atoms with E-state index in [1.54, 1.807) is 16.2 Å². The van der Waals surface area contributed by atoms with Gasteiger partial charge in [-0.25, -0.2) is 0 Å². The molecule has 0 radical (unpaired) electrons. The first-order chi connectivity index (χ1) is 16.3. The molecule has 4 rings (SSSR count). The molecule has 0 aliphatic carbocycles. The lowest BCUT2D eigenvalue weighted by Crippen LogP contribution is -2.47. The molecule has 34 heavy (non-hydrogen) atoms. The van der Waals surface area contributed by atoms with Crippen LogP contribution in [0, 0.1) is 0 Å². The van der Waals surface area contributed by atoms with Crippen LogP contribution < -0.4 is 0 Å². The van der Waals surface area contributed by atoms with Crippen LogP contribution in [0.15, 0.2) is 66.0 Å². The topological polar surface area (TPSA) is 40.6 Å². The zero-order valence-electron chi connectivity index (χ0n) is 18.7. The molecule has 4 nitrogen and oxygen atoms in total. The first-order valence-corrected chi connectivity index (χ1v) is 12.0. The van der Waals surface area contributed by atoms with E-state index in [0.717, 1.165) is 29.7 Å². The molecule has 1 aromatic heterocycles. The normalized spacial score (nSPS) is 15.6. The van der Waals surface area contributed by atoms with Crippen molar-refractivity contribution in [2.24, 2.45) is 0 Å². The highest BCUT2D eigenvalue weighted by Crippen LogP contribution is 2.38. The number of fused-ring (bicyclic) bond motifs is 1. The molecule has 3 aromatic rings. The zero-order valence-corrected chi connectivity index (χ0v) is 19.5. The monoisotopic (exact) mass is 486 g/mol. The summed E-state index contributed by atoms with van der Waals surface area (Å²) in [5, 5.41) is 2.02. The van der Waals surface area contributed by atoms with Gasteiger partial charge in [0.1, 0.15) is 6.54 Å². The minimum Gasteiger partial charge on any atom is -0.330 e. The van der Waals surface area contributed by atoms with E-state index >= 15 is 0 Å². The number of nitrogens with zero attached hydrogens (tertiary/aromatic N) is 2. The fourth-order valence-electron chi connectivity index (χ4n) is 4.37. The van der Waals surface area contributed by atoms with E-state index in [1.807, 2.05) is 48.7 Å². The van der Waals surface area contributed by atoms with E-state index in [2.05, 4.69) is 0 Å². The number of rotatable bonds is 6. The first-order valence-electron chi connectivity index (χ1n) is 11.2. The largest absolute Gasteiger partial charge is 0.416 e. The molecule has 0 saturated carbocycles. The van der Waals surface area contributed by atoms with Gasteiger partial charge in [0.15, 0.2) is 0 Å². The molecular formula is C26H25F3N2O2S. The zero-order chi connectivity index (χ0) is 24.3. The van der Waals surface area contributed by atoms with E-state index in [0.29, 0.717) is 13.0 Å². The highest BCUT2D eigenvalue weighted by atomic mass is 32.1. The highest BCUT2D eigenvalue weighted by molar-refractivity contribution is 7.10. The summed E-state index contributed by atoms with van der Waals surface area (Å²) in [6, 6.07) is 15.9. The Bertz CT molecular complexity index is 1160. The fraction of sp³-hybridized carbons (Fsp3) is 0.308. The molecule has 8 heteroatoms. The summed E-state index contributed by atoms with van der Waals surface area (Å²) >= 11 is 1.67. The number of thiophene rings is 1. The smallest absolute Gasteiger partial charge is 0.330 e. The lowest BCUT2D eigenvalue weighted by atomic mass is 9.93. The molecule has 0 N–H and O–H groups in total. The van der Waals surface area contributed by atoms with Gasteiger partial charge in [-0.05, 0) is 53.6 Å². The maximum atomic E-state index is 13.5. The van der Waals surface area contributed by atoms with Gasteiger partial charge in [-0.3, -0.25) is 9.59 Å². The highest BCUT2D eigenvalue weighted by Gasteiger charge is 2.35. The molecule has 1 aliphatic heterocycles. The van der Waals surface area contributed by atoms with Crippen molar-refractivity contribution in [2.75, 3.05) is 19.6 Å². The number of alkyl halides is 3. The van der Waals surface area contributed by atoms with Gasteiger partial charge in [0, 0.05) is 23.5 Å². The van der Waals surface area contributed by atoms with Gasteiger partial charge in [-0.2, -0.15) is 13.2 Å². The van der Waals surface area contributed by atoms with Gasteiger partial charge in [-0.15, -0.1) is 11.3 Å². The van der Waals surface area contributed by atoms with E-state index in [1.165, 1.54) is 21.9 Å². The predicted octanol–water partition coefficient (Wildman–Crippen LogP) is 5.79. The molecule has 2 amide bonds. The van der Waals surface area contributed by atoms with Gasteiger partial charge in [0.2, 0.25) is 5.91 Å². The van der Waals surface area contributed by atoms with Crippen LogP contribution in [0.2, 0.25) is 0 Å². The van der Waals surface area contributed by atoms with Crippen LogP contribution in [0.4, 0.5) is 13.2 Å². The molecule has 2 heterocycles. The minimum absolute atomic E-state index is 0.0746. The lowest BCUT2D eigenvalue weighted by Gasteiger charge is -2.37. The number of benzene rings is 2. The summed E-state index contributed by atoms with van der Waals surface area (Å²) < 4.78 is 39.4. The Kier molecular flexibility index (Phi) is 7.07. The van der Waals surface area contributed by atoms with Crippen molar-refractivity contribution in [1.82, 2.24) is 9.80 Å². The molecular weight excluding hydrogens is 461 g/mol. The quantitative estimate of drug-likeness (QED) is 0.442. The number of amides is 2. The molecule has 1 atom stereocenters. The number of carbonyl (C=O) groups is 2. The Morgan fingerprint density at radius 1 is 1.09 bits per heavy atom. The third-order valence-electron chi connectivity index (χ3n) is 5.95. The van der Waals surface area contributed by atoms with E-state index in [9.17, 15) is 22.8 Å². The van der Waals surface area contributed by atoms with Crippen LogP contribution in [0.25, 0.3) is 0 Å². The van der Waals surface area contributed by atoms with E-state index in [-0.39, 0.29) is 30.6 Å². The predicted molar refractivity (Wildman–Crippen MR) is 126 cm³/mol. The first kappa shape index (κ1) is 24.0. The standard InChI is InChI=1S/C26H25F3N2O2S/c1-2-13-30(25(33)19-9-6-10-20(16-19)26(27,28)29)17-23(32)31-14-11-22-21(12-15-34-22)24(31)18-7-4-3-5-8-18/h3-10,12,15-16,24H,2,11,13-14,17H2,1H3. The van der Waals surface area contributed by atoms with Gasteiger partial charge in [-0.1, -0.05) is 43.3 Å². The van der Waals surface area contributed by atoms with Crippen molar-refractivity contribution in [3.05, 3.63) is 93.2 Å². The van der Waals surface area contributed by atoms with E-state index in [4.69, 9.17) is 0 Å². The molecule has 2 aromatic carbocycles. The molecule has 0 bridgehead atoms. The average molecular weight is 487 g/mol. The average Bonchev–Trinajstić information content (AvgIpc) is 3.31. The molecule has 0 spiro atoms. The van der Waals surface area contributed by atoms with Gasteiger partial charge in [0.25, 0.3) is 5.91 Å². The minimum atomic E-state index is -4.54. The SMILES string of the molecule is CCCN(CC(=O)N1CCc2sccc2C1c1ccccc1)C(=O)c1cccc(C(F)(F)F)c1. The Morgan fingerprint density at radius 3 is 2.56 bits per heavy atom. The maximum Gasteiger partial charge on any atom is 0.416 e. The van der Waals surface area contributed by atoms with Gasteiger partial charge in [0.05, 0.1) is 11.6 Å². The summed E-state index contributed by atoms with van der Waals surface area (Å²) in [7, 11) is 0. The number of carbonyl (C=O) groups excluding carboxylic acids is 2. The summed E-state index contributed by atoms with van der Waals surface area (Å²) in [5.74, 6) is -0.801. The third-order valence-corrected chi connectivity index (χ3v) is 6.94. The Hall–Kier alpha value is -3.13. The number of hydrogen-bond donors (Lipinski definition) is 0. The Labute approximate surface area is 200 Å². The number of hydrogen-bond acceptors (Lipinski definition) is 3. The fourth-order valence-corrected chi connectivity index (χ4v) is 5.27. The molecule has 0 fully saturated rings. The Morgan fingerprint density at radius 2 is 1.85 bits per heavy atom. The van der Waals surface area contributed by atoms with Crippen LogP contribution in [-0.2, 0) is 17.4 Å². The second kappa shape index (κ2) is 10.0. The van der Waals surface area contributed by atoms with Crippen molar-refractivity contribution >= 4 is 23.2 Å².